The third-order valence-corrected chi connectivity index (χ3v) is 4.54. The summed E-state index contributed by atoms with van der Waals surface area (Å²) in [6, 6.07) is 13.8. The van der Waals surface area contributed by atoms with Crippen LogP contribution in [-0.2, 0) is 16.6 Å². The fourth-order valence-electron chi connectivity index (χ4n) is 2.81. The third-order valence-electron chi connectivity index (χ3n) is 4.54. The van der Waals surface area contributed by atoms with E-state index in [1.807, 2.05) is 6.07 Å². The van der Waals surface area contributed by atoms with Gasteiger partial charge in [-0.2, -0.15) is 0 Å². The lowest BCUT2D eigenvalue weighted by Crippen LogP contribution is -2.32. The van der Waals surface area contributed by atoms with Gasteiger partial charge in [0.2, 0.25) is 0 Å². The van der Waals surface area contributed by atoms with E-state index in [0.717, 1.165) is 12.1 Å². The molecule has 0 unspecified atom stereocenters. The Kier molecular flexibility index (Phi) is 5.63. The van der Waals surface area contributed by atoms with Crippen molar-refractivity contribution in [1.82, 2.24) is 9.36 Å². The Labute approximate surface area is 166 Å². The number of esters is 1. The number of halogens is 1. The van der Waals surface area contributed by atoms with E-state index in [4.69, 9.17) is 4.74 Å². The highest BCUT2D eigenvalue weighted by molar-refractivity contribution is 5.97. The first-order valence-corrected chi connectivity index (χ1v) is 8.91. The van der Waals surface area contributed by atoms with Crippen LogP contribution in [0.5, 0.6) is 0 Å². The summed E-state index contributed by atoms with van der Waals surface area (Å²) in [5.41, 5.74) is 1.02. The fraction of sp³-hybridized carbons (Fsp3) is 0.190. The molecule has 3 rings (SSSR count). The summed E-state index contributed by atoms with van der Waals surface area (Å²) in [5, 5.41) is 2.54. The second kappa shape index (κ2) is 8.14. The van der Waals surface area contributed by atoms with Gasteiger partial charge in [-0.15, -0.1) is 0 Å². The number of benzene rings is 2. The molecule has 0 saturated carbocycles. The Morgan fingerprint density at radius 3 is 2.31 bits per heavy atom. The second-order valence-electron chi connectivity index (χ2n) is 6.48. The maximum absolute atomic E-state index is 13.0. The van der Waals surface area contributed by atoms with Gasteiger partial charge in [-0.05, 0) is 50.2 Å². The number of para-hydroxylation sites is 1. The summed E-state index contributed by atoms with van der Waals surface area (Å²) >= 11 is 0. The predicted octanol–water partition coefficient (Wildman–Crippen LogP) is 2.81. The number of hydrogen-bond acceptors (Lipinski definition) is 4. The fourth-order valence-corrected chi connectivity index (χ4v) is 2.81. The van der Waals surface area contributed by atoms with Gasteiger partial charge in [0.25, 0.3) is 11.5 Å². The number of carbonyl (C=O) groups excluding carboxylic acids is 2. The van der Waals surface area contributed by atoms with Crippen LogP contribution in [0.1, 0.15) is 23.0 Å². The van der Waals surface area contributed by atoms with Crippen LogP contribution in [0.25, 0.3) is 5.69 Å². The molecule has 1 atom stereocenters. The summed E-state index contributed by atoms with van der Waals surface area (Å²) in [6.07, 6.45) is -1.16. The highest BCUT2D eigenvalue weighted by atomic mass is 19.1. The Morgan fingerprint density at radius 1 is 1.07 bits per heavy atom. The molecule has 0 bridgehead atoms. The molecule has 8 heteroatoms. The van der Waals surface area contributed by atoms with Gasteiger partial charge >= 0.3 is 5.97 Å². The molecule has 7 nitrogen and oxygen atoms in total. The normalized spacial score (nSPS) is 11.7. The zero-order valence-electron chi connectivity index (χ0n) is 16.2. The van der Waals surface area contributed by atoms with Crippen molar-refractivity contribution in [2.45, 2.75) is 20.0 Å². The van der Waals surface area contributed by atoms with Crippen molar-refractivity contribution in [2.24, 2.45) is 7.05 Å². The monoisotopic (exact) mass is 397 g/mol. The van der Waals surface area contributed by atoms with Crippen LogP contribution < -0.4 is 10.9 Å². The highest BCUT2D eigenvalue weighted by Gasteiger charge is 2.23. The molecule has 0 spiro atoms. The van der Waals surface area contributed by atoms with Gasteiger partial charge in [0, 0.05) is 7.05 Å². The average Bonchev–Trinajstić information content (AvgIpc) is 2.92. The summed E-state index contributed by atoms with van der Waals surface area (Å²) in [6.45, 7) is 3.09. The number of ether oxygens (including phenoxy) is 1. The molecule has 0 aliphatic heterocycles. The minimum Gasteiger partial charge on any atom is -0.449 e. The lowest BCUT2D eigenvalue weighted by molar-refractivity contribution is -0.123. The molecule has 0 aliphatic rings. The van der Waals surface area contributed by atoms with Crippen LogP contribution in [0.15, 0.2) is 59.4 Å². The zero-order chi connectivity index (χ0) is 21.1. The number of nitrogens with one attached hydrogen (secondary N) is 1. The lowest BCUT2D eigenvalue weighted by Gasteiger charge is -2.13. The van der Waals surface area contributed by atoms with Gasteiger partial charge in [-0.25, -0.2) is 13.9 Å². The van der Waals surface area contributed by atoms with E-state index in [0.29, 0.717) is 11.4 Å². The molecular formula is C21H20FN3O4. The van der Waals surface area contributed by atoms with Gasteiger partial charge in [-0.3, -0.25) is 14.3 Å². The molecule has 0 fully saturated rings. The number of aromatic nitrogens is 2. The topological polar surface area (TPSA) is 82.3 Å². The Bertz CT molecular complexity index is 1100. The molecule has 2 aromatic carbocycles. The first-order valence-electron chi connectivity index (χ1n) is 8.91. The molecular weight excluding hydrogens is 377 g/mol. The van der Waals surface area contributed by atoms with E-state index in [1.165, 1.54) is 23.7 Å². The zero-order valence-corrected chi connectivity index (χ0v) is 16.2. The van der Waals surface area contributed by atoms with Gasteiger partial charge in [0.05, 0.1) is 16.9 Å². The smallest absolute Gasteiger partial charge is 0.338 e. The quantitative estimate of drug-likeness (QED) is 0.671. The summed E-state index contributed by atoms with van der Waals surface area (Å²) in [4.78, 5) is 37.4. The Balaban J connectivity index is 1.77. The van der Waals surface area contributed by atoms with Crippen molar-refractivity contribution in [3.63, 3.8) is 0 Å². The molecule has 0 saturated heterocycles. The van der Waals surface area contributed by atoms with Crippen LogP contribution in [0.2, 0.25) is 0 Å². The van der Waals surface area contributed by atoms with Crippen molar-refractivity contribution in [2.75, 3.05) is 5.32 Å². The molecule has 0 radical (unpaired) electrons. The minimum absolute atomic E-state index is 0.103. The first-order chi connectivity index (χ1) is 13.8. The van der Waals surface area contributed by atoms with E-state index in [1.54, 1.807) is 42.9 Å². The lowest BCUT2D eigenvalue weighted by atomic mass is 10.2. The van der Waals surface area contributed by atoms with E-state index in [9.17, 15) is 18.8 Å². The molecule has 1 N–H and O–H groups in total. The second-order valence-corrected chi connectivity index (χ2v) is 6.48. The maximum atomic E-state index is 13.0. The van der Waals surface area contributed by atoms with Crippen LogP contribution >= 0.6 is 0 Å². The van der Waals surface area contributed by atoms with Gasteiger partial charge in [-0.1, -0.05) is 18.2 Å². The average molecular weight is 397 g/mol. The van der Waals surface area contributed by atoms with E-state index in [2.05, 4.69) is 5.32 Å². The van der Waals surface area contributed by atoms with E-state index < -0.39 is 29.4 Å². The van der Waals surface area contributed by atoms with Crippen molar-refractivity contribution in [3.05, 3.63) is 82.0 Å². The predicted molar refractivity (Wildman–Crippen MR) is 106 cm³/mol. The molecule has 3 aromatic rings. The van der Waals surface area contributed by atoms with Crippen molar-refractivity contribution >= 4 is 17.6 Å². The number of nitrogens with zero attached hydrogens (tertiary/aromatic N) is 2. The Morgan fingerprint density at radius 2 is 1.69 bits per heavy atom. The van der Waals surface area contributed by atoms with Crippen LogP contribution in [0.3, 0.4) is 0 Å². The summed E-state index contributed by atoms with van der Waals surface area (Å²) in [7, 11) is 1.71. The molecule has 1 amide bonds. The van der Waals surface area contributed by atoms with Crippen LogP contribution in [-0.4, -0.2) is 27.3 Å². The number of amides is 1. The SMILES string of the molecule is Cc1c(NC(=O)[C@@H](C)OC(=O)c2ccc(F)cc2)c(=O)n(-c2ccccc2)n1C. The van der Waals surface area contributed by atoms with Gasteiger partial charge in [0.1, 0.15) is 11.5 Å². The Hall–Kier alpha value is -3.68. The molecule has 29 heavy (non-hydrogen) atoms. The molecule has 150 valence electrons. The maximum Gasteiger partial charge on any atom is 0.338 e. The number of anilines is 1. The molecule has 1 heterocycles. The largest absolute Gasteiger partial charge is 0.449 e. The standard InChI is InChI=1S/C21H20FN3O4/c1-13-18(20(27)25(24(13)3)17-7-5-4-6-8-17)23-19(26)14(2)29-21(28)15-9-11-16(22)12-10-15/h4-12,14H,1-3H3,(H,23,26)/t14-/m1/s1. The van der Waals surface area contributed by atoms with E-state index >= 15 is 0 Å². The summed E-state index contributed by atoms with van der Waals surface area (Å²) in [5.74, 6) is -1.90. The third kappa shape index (κ3) is 4.11. The van der Waals surface area contributed by atoms with Crippen LogP contribution in [0, 0.1) is 12.7 Å². The van der Waals surface area contributed by atoms with Crippen molar-refractivity contribution in [1.29, 1.82) is 0 Å². The first kappa shape index (κ1) is 20.1. The summed E-state index contributed by atoms with van der Waals surface area (Å²) < 4.78 is 21.1. The highest BCUT2D eigenvalue weighted by Crippen LogP contribution is 2.15. The van der Waals surface area contributed by atoms with E-state index in [-0.39, 0.29) is 11.3 Å². The van der Waals surface area contributed by atoms with Gasteiger partial charge < -0.3 is 10.1 Å². The molecule has 0 aliphatic carbocycles. The minimum atomic E-state index is -1.16. The van der Waals surface area contributed by atoms with Gasteiger partial charge in [0.15, 0.2) is 6.10 Å². The number of hydrogen-bond donors (Lipinski definition) is 1. The van der Waals surface area contributed by atoms with Crippen molar-refractivity contribution < 1.29 is 18.7 Å². The number of carbonyl (C=O) groups is 2. The van der Waals surface area contributed by atoms with Crippen molar-refractivity contribution in [3.8, 4) is 5.69 Å². The number of rotatable bonds is 5. The van der Waals surface area contributed by atoms with Crippen LogP contribution in [0.4, 0.5) is 10.1 Å². The molecule has 1 aromatic heterocycles.